The summed E-state index contributed by atoms with van der Waals surface area (Å²) in [5.74, 6) is 1.69. The van der Waals surface area contributed by atoms with Crippen molar-refractivity contribution in [3.63, 3.8) is 0 Å². The first-order chi connectivity index (χ1) is 8.63. The van der Waals surface area contributed by atoms with Crippen molar-refractivity contribution in [2.24, 2.45) is 5.92 Å². The molecule has 1 N–H and O–H groups in total. The third kappa shape index (κ3) is 2.85. The number of nitrogens with zero attached hydrogens (tertiary/aromatic N) is 1. The summed E-state index contributed by atoms with van der Waals surface area (Å²) < 4.78 is 5.41. The number of hydrogen-bond acceptors (Lipinski definition) is 3. The molecule has 0 bridgehead atoms. The molecule has 0 saturated carbocycles. The highest BCUT2D eigenvalue weighted by atomic mass is 16.5. The highest BCUT2D eigenvalue weighted by molar-refractivity contribution is 5.37. The van der Waals surface area contributed by atoms with Crippen molar-refractivity contribution in [3.05, 3.63) is 29.3 Å². The zero-order chi connectivity index (χ0) is 13.1. The van der Waals surface area contributed by atoms with E-state index in [0.717, 1.165) is 30.3 Å². The number of methoxy groups -OCH3 is 1. The minimum atomic E-state index is 0.0863. The molecule has 0 spiro atoms. The van der Waals surface area contributed by atoms with E-state index in [1.54, 1.807) is 7.11 Å². The van der Waals surface area contributed by atoms with Gasteiger partial charge in [-0.3, -0.25) is 4.90 Å². The Balaban J connectivity index is 2.16. The molecule has 3 nitrogen and oxygen atoms in total. The molecule has 2 rings (SSSR count). The van der Waals surface area contributed by atoms with Crippen molar-refractivity contribution in [2.45, 2.75) is 39.5 Å². The van der Waals surface area contributed by atoms with Crippen LogP contribution in [0, 0.1) is 5.92 Å². The fraction of sp³-hybridized carbons (Fsp3) is 0.600. The van der Waals surface area contributed by atoms with Gasteiger partial charge in [-0.2, -0.15) is 0 Å². The lowest BCUT2D eigenvalue weighted by Gasteiger charge is -2.22. The van der Waals surface area contributed by atoms with Gasteiger partial charge in [-0.25, -0.2) is 0 Å². The molecule has 1 aliphatic heterocycles. The fourth-order valence-electron chi connectivity index (χ4n) is 2.88. The maximum Gasteiger partial charge on any atom is 0.123 e. The molecule has 1 heterocycles. The number of benzene rings is 1. The molecule has 1 aromatic rings. The van der Waals surface area contributed by atoms with Crippen LogP contribution in [-0.4, -0.2) is 29.7 Å². The predicted octanol–water partition coefficient (Wildman–Crippen LogP) is 2.42. The third-order valence-electron chi connectivity index (χ3n) is 3.81. The van der Waals surface area contributed by atoms with Gasteiger partial charge < -0.3 is 9.84 Å². The molecule has 0 amide bonds. The third-order valence-corrected chi connectivity index (χ3v) is 3.81. The van der Waals surface area contributed by atoms with Crippen molar-refractivity contribution < 1.29 is 9.84 Å². The van der Waals surface area contributed by atoms with E-state index in [4.69, 9.17) is 4.74 Å². The quantitative estimate of drug-likeness (QED) is 0.889. The molecule has 3 heteroatoms. The van der Waals surface area contributed by atoms with Gasteiger partial charge in [-0.15, -0.1) is 0 Å². The van der Waals surface area contributed by atoms with E-state index in [9.17, 15) is 5.11 Å². The molecule has 0 aliphatic carbocycles. The van der Waals surface area contributed by atoms with Crippen LogP contribution in [0.25, 0.3) is 0 Å². The number of hydrogen-bond donors (Lipinski definition) is 1. The van der Waals surface area contributed by atoms with Gasteiger partial charge >= 0.3 is 0 Å². The first-order valence-electron chi connectivity index (χ1n) is 6.64. The summed E-state index contributed by atoms with van der Waals surface area (Å²) in [7, 11) is 1.70. The van der Waals surface area contributed by atoms with Gasteiger partial charge in [-0.05, 0) is 37.0 Å². The van der Waals surface area contributed by atoms with Crippen LogP contribution in [0.5, 0.6) is 5.75 Å². The van der Waals surface area contributed by atoms with Crippen LogP contribution in [0.1, 0.15) is 31.4 Å². The molecule has 1 aliphatic rings. The number of rotatable bonds is 4. The second-order valence-corrected chi connectivity index (χ2v) is 5.42. The van der Waals surface area contributed by atoms with Gasteiger partial charge in [-0.1, -0.05) is 13.0 Å². The summed E-state index contributed by atoms with van der Waals surface area (Å²) in [6.07, 6.45) is 1.27. The average molecular weight is 249 g/mol. The topological polar surface area (TPSA) is 32.7 Å². The van der Waals surface area contributed by atoms with Crippen molar-refractivity contribution in [1.29, 1.82) is 0 Å². The second-order valence-electron chi connectivity index (χ2n) is 5.42. The first-order valence-corrected chi connectivity index (χ1v) is 6.64. The molecule has 0 radical (unpaired) electrons. The van der Waals surface area contributed by atoms with Gasteiger partial charge in [0.2, 0.25) is 0 Å². The van der Waals surface area contributed by atoms with Gasteiger partial charge in [0.15, 0.2) is 0 Å². The Morgan fingerprint density at radius 1 is 1.39 bits per heavy atom. The molecule has 1 aromatic carbocycles. The Morgan fingerprint density at radius 2 is 2.17 bits per heavy atom. The Morgan fingerprint density at radius 3 is 2.72 bits per heavy atom. The normalized spacial score (nSPS) is 24.4. The van der Waals surface area contributed by atoms with E-state index in [1.807, 2.05) is 12.1 Å². The van der Waals surface area contributed by atoms with Crippen LogP contribution >= 0.6 is 0 Å². The lowest BCUT2D eigenvalue weighted by molar-refractivity contribution is 0.251. The summed E-state index contributed by atoms with van der Waals surface area (Å²) in [4.78, 5) is 2.49. The van der Waals surface area contributed by atoms with E-state index < -0.39 is 0 Å². The van der Waals surface area contributed by atoms with Crippen LogP contribution in [0.15, 0.2) is 18.2 Å². The number of likely N-dealkylation sites (tertiary alicyclic amines) is 1. The van der Waals surface area contributed by atoms with Crippen molar-refractivity contribution >= 4 is 0 Å². The van der Waals surface area contributed by atoms with E-state index in [1.165, 1.54) is 12.0 Å². The minimum absolute atomic E-state index is 0.0863. The van der Waals surface area contributed by atoms with Crippen molar-refractivity contribution in [3.8, 4) is 5.75 Å². The summed E-state index contributed by atoms with van der Waals surface area (Å²) >= 11 is 0. The second kappa shape index (κ2) is 5.72. The lowest BCUT2D eigenvalue weighted by Crippen LogP contribution is -2.26. The molecule has 100 valence electrons. The highest BCUT2D eigenvalue weighted by Gasteiger charge is 2.26. The number of aliphatic hydroxyl groups is 1. The first kappa shape index (κ1) is 13.4. The van der Waals surface area contributed by atoms with E-state index in [-0.39, 0.29) is 6.61 Å². The zero-order valence-electron chi connectivity index (χ0n) is 11.5. The van der Waals surface area contributed by atoms with Gasteiger partial charge in [0.25, 0.3) is 0 Å². The average Bonchev–Trinajstić information content (AvgIpc) is 2.67. The zero-order valence-corrected chi connectivity index (χ0v) is 11.5. The molecular weight excluding hydrogens is 226 g/mol. The molecule has 2 atom stereocenters. The van der Waals surface area contributed by atoms with E-state index in [0.29, 0.717) is 6.04 Å². The van der Waals surface area contributed by atoms with E-state index in [2.05, 4.69) is 24.8 Å². The Bertz CT molecular complexity index is 405. The number of ether oxygens (including phenoxy) is 1. The molecule has 0 aromatic heterocycles. The van der Waals surface area contributed by atoms with Crippen molar-refractivity contribution in [1.82, 2.24) is 4.90 Å². The standard InChI is InChI=1S/C15H23NO2/c1-11-6-12(2)16(8-11)9-14-7-13(10-17)4-5-15(14)18-3/h4-5,7,11-12,17H,6,8-10H2,1-3H3. The van der Waals surface area contributed by atoms with Gasteiger partial charge in [0.1, 0.15) is 5.75 Å². The maximum atomic E-state index is 9.23. The van der Waals surface area contributed by atoms with Gasteiger partial charge in [0.05, 0.1) is 13.7 Å². The van der Waals surface area contributed by atoms with Crippen molar-refractivity contribution in [2.75, 3.05) is 13.7 Å². The van der Waals surface area contributed by atoms with Crippen LogP contribution < -0.4 is 4.74 Å². The minimum Gasteiger partial charge on any atom is -0.496 e. The molecular formula is C15H23NO2. The largest absolute Gasteiger partial charge is 0.496 e. The number of aliphatic hydroxyl groups excluding tert-OH is 1. The van der Waals surface area contributed by atoms with E-state index >= 15 is 0 Å². The fourth-order valence-corrected chi connectivity index (χ4v) is 2.88. The predicted molar refractivity (Wildman–Crippen MR) is 72.6 cm³/mol. The van der Waals surface area contributed by atoms with Crippen LogP contribution in [0.3, 0.4) is 0 Å². The lowest BCUT2D eigenvalue weighted by atomic mass is 10.1. The molecule has 18 heavy (non-hydrogen) atoms. The smallest absolute Gasteiger partial charge is 0.123 e. The van der Waals surface area contributed by atoms with Crippen LogP contribution in [0.4, 0.5) is 0 Å². The van der Waals surface area contributed by atoms with Crippen LogP contribution in [0.2, 0.25) is 0 Å². The molecule has 2 unspecified atom stereocenters. The maximum absolute atomic E-state index is 9.23. The SMILES string of the molecule is COc1ccc(CO)cc1CN1CC(C)CC1C. The molecule has 1 saturated heterocycles. The Labute approximate surface area is 109 Å². The van der Waals surface area contributed by atoms with Gasteiger partial charge in [0, 0.05) is 24.7 Å². The summed E-state index contributed by atoms with van der Waals surface area (Å²) in [6.45, 7) is 6.73. The summed E-state index contributed by atoms with van der Waals surface area (Å²) in [5.41, 5.74) is 2.12. The summed E-state index contributed by atoms with van der Waals surface area (Å²) in [6, 6.07) is 6.54. The Hall–Kier alpha value is -1.06. The summed E-state index contributed by atoms with van der Waals surface area (Å²) in [5, 5.41) is 9.23. The Kier molecular flexibility index (Phi) is 4.25. The highest BCUT2D eigenvalue weighted by Crippen LogP contribution is 2.28. The van der Waals surface area contributed by atoms with Crippen LogP contribution in [-0.2, 0) is 13.2 Å². The monoisotopic (exact) mass is 249 g/mol. The molecule has 1 fully saturated rings.